The molecule has 1 rings (SSSR count). The summed E-state index contributed by atoms with van der Waals surface area (Å²) in [4.78, 5) is 7.16. The molecule has 0 aromatic carbocycles. The highest BCUT2D eigenvalue weighted by Gasteiger charge is 2.10. The summed E-state index contributed by atoms with van der Waals surface area (Å²) < 4.78 is 0. The smallest absolute Gasteiger partial charge is 0.130 e. The molecule has 0 aliphatic rings. The molecule has 20 heavy (non-hydrogen) atoms. The van der Waals surface area contributed by atoms with Crippen molar-refractivity contribution in [2.24, 2.45) is 11.8 Å². The fourth-order valence-corrected chi connectivity index (χ4v) is 2.05. The van der Waals surface area contributed by atoms with Crippen LogP contribution in [0.1, 0.15) is 47.5 Å². The molecule has 0 aliphatic carbocycles. The van der Waals surface area contributed by atoms with Crippen LogP contribution in [0.3, 0.4) is 0 Å². The van der Waals surface area contributed by atoms with Gasteiger partial charge < -0.3 is 10.2 Å². The molecule has 0 spiro atoms. The van der Waals surface area contributed by atoms with Gasteiger partial charge in [0.25, 0.3) is 0 Å². The second-order valence-electron chi connectivity index (χ2n) is 6.26. The number of nitrogens with zero attached hydrogens (tertiary/aromatic N) is 2. The molecule has 0 bridgehead atoms. The number of hydrogen-bond donors (Lipinski definition) is 1. The Kier molecular flexibility index (Phi) is 7.42. The van der Waals surface area contributed by atoms with Gasteiger partial charge in [0.1, 0.15) is 11.6 Å². The van der Waals surface area contributed by atoms with E-state index in [1.807, 2.05) is 6.07 Å². The predicted octanol–water partition coefficient (Wildman–Crippen LogP) is 4.41. The molecular formula is C17H31N3. The monoisotopic (exact) mass is 277 g/mol. The van der Waals surface area contributed by atoms with Gasteiger partial charge in [-0.3, -0.25) is 0 Å². The predicted molar refractivity (Wildman–Crippen MR) is 89.5 cm³/mol. The first kappa shape index (κ1) is 16.8. The number of pyridine rings is 1. The number of nitrogens with one attached hydrogen (secondary N) is 1. The lowest BCUT2D eigenvalue weighted by Crippen LogP contribution is -2.28. The van der Waals surface area contributed by atoms with Crippen LogP contribution in [0.5, 0.6) is 0 Å². The normalized spacial score (nSPS) is 11.2. The summed E-state index contributed by atoms with van der Waals surface area (Å²) in [6.45, 7) is 14.3. The van der Waals surface area contributed by atoms with Gasteiger partial charge in [0.05, 0.1) is 0 Å². The van der Waals surface area contributed by atoms with Crippen LogP contribution in [0.15, 0.2) is 18.2 Å². The molecule has 1 heterocycles. The maximum absolute atomic E-state index is 4.73. The standard InChI is InChI=1S/C17H31N3/c1-6-18-16-8-7-9-17(19-16)20(12-10-14(2)3)13-11-15(4)5/h7-9,14-15H,6,10-13H2,1-5H3,(H,18,19). The molecule has 1 aromatic rings. The van der Waals surface area contributed by atoms with Crippen LogP contribution < -0.4 is 10.2 Å². The first-order valence-corrected chi connectivity index (χ1v) is 7.98. The fourth-order valence-electron chi connectivity index (χ4n) is 2.05. The van der Waals surface area contributed by atoms with Gasteiger partial charge in [-0.15, -0.1) is 0 Å². The summed E-state index contributed by atoms with van der Waals surface area (Å²) in [5.74, 6) is 3.54. The Bertz CT molecular complexity index is 362. The topological polar surface area (TPSA) is 28.2 Å². The zero-order valence-electron chi connectivity index (χ0n) is 13.8. The molecule has 114 valence electrons. The molecule has 0 radical (unpaired) electrons. The molecule has 3 heteroatoms. The maximum Gasteiger partial charge on any atom is 0.130 e. The average Bonchev–Trinajstić information content (AvgIpc) is 2.39. The third-order valence-electron chi connectivity index (χ3n) is 3.37. The van der Waals surface area contributed by atoms with Crippen LogP contribution in [-0.4, -0.2) is 24.6 Å². The van der Waals surface area contributed by atoms with E-state index in [9.17, 15) is 0 Å². The van der Waals surface area contributed by atoms with Gasteiger partial charge in [0.2, 0.25) is 0 Å². The molecule has 0 saturated carbocycles. The first-order chi connectivity index (χ1) is 9.52. The van der Waals surface area contributed by atoms with Crippen molar-refractivity contribution in [3.8, 4) is 0 Å². The molecular weight excluding hydrogens is 246 g/mol. The van der Waals surface area contributed by atoms with E-state index >= 15 is 0 Å². The quantitative estimate of drug-likeness (QED) is 0.724. The summed E-state index contributed by atoms with van der Waals surface area (Å²) in [6, 6.07) is 6.26. The number of hydrogen-bond acceptors (Lipinski definition) is 3. The van der Waals surface area contributed by atoms with Crippen molar-refractivity contribution < 1.29 is 0 Å². The van der Waals surface area contributed by atoms with E-state index in [0.717, 1.165) is 43.1 Å². The third kappa shape index (κ3) is 6.27. The van der Waals surface area contributed by atoms with E-state index in [1.165, 1.54) is 12.8 Å². The van der Waals surface area contributed by atoms with Gasteiger partial charge in [-0.25, -0.2) is 4.98 Å². The molecule has 0 fully saturated rings. The van der Waals surface area contributed by atoms with Crippen LogP contribution in [0.4, 0.5) is 11.6 Å². The van der Waals surface area contributed by atoms with Crippen molar-refractivity contribution in [1.82, 2.24) is 4.98 Å². The lowest BCUT2D eigenvalue weighted by molar-refractivity contribution is 0.533. The van der Waals surface area contributed by atoms with Crippen molar-refractivity contribution in [2.75, 3.05) is 29.9 Å². The van der Waals surface area contributed by atoms with Crippen molar-refractivity contribution >= 4 is 11.6 Å². The SMILES string of the molecule is CCNc1cccc(N(CCC(C)C)CCC(C)C)n1. The lowest BCUT2D eigenvalue weighted by atomic mass is 10.1. The molecule has 0 unspecified atom stereocenters. The molecule has 1 N–H and O–H groups in total. The highest BCUT2D eigenvalue weighted by molar-refractivity contribution is 5.47. The number of anilines is 2. The molecule has 1 aromatic heterocycles. The minimum absolute atomic E-state index is 0.730. The maximum atomic E-state index is 4.73. The Morgan fingerprint density at radius 3 is 2.15 bits per heavy atom. The first-order valence-electron chi connectivity index (χ1n) is 7.98. The lowest BCUT2D eigenvalue weighted by Gasteiger charge is -2.26. The second-order valence-corrected chi connectivity index (χ2v) is 6.26. The van der Waals surface area contributed by atoms with Crippen molar-refractivity contribution in [3.63, 3.8) is 0 Å². The Hall–Kier alpha value is -1.25. The molecule has 0 aliphatic heterocycles. The Morgan fingerprint density at radius 1 is 1.05 bits per heavy atom. The van der Waals surface area contributed by atoms with Crippen molar-refractivity contribution in [3.05, 3.63) is 18.2 Å². The van der Waals surface area contributed by atoms with Crippen LogP contribution in [0, 0.1) is 11.8 Å². The molecule has 0 saturated heterocycles. The Balaban J connectivity index is 2.76. The Morgan fingerprint density at radius 2 is 1.65 bits per heavy atom. The van der Waals surface area contributed by atoms with E-state index in [2.05, 4.69) is 57.0 Å². The number of aromatic nitrogens is 1. The summed E-state index contributed by atoms with van der Waals surface area (Å²) in [5, 5.41) is 3.29. The second kappa shape index (κ2) is 8.83. The van der Waals surface area contributed by atoms with E-state index < -0.39 is 0 Å². The van der Waals surface area contributed by atoms with E-state index in [4.69, 9.17) is 4.98 Å². The van der Waals surface area contributed by atoms with Crippen LogP contribution >= 0.6 is 0 Å². The Labute approximate surface area is 124 Å². The summed E-state index contributed by atoms with van der Waals surface area (Å²) in [7, 11) is 0. The largest absolute Gasteiger partial charge is 0.370 e. The molecule has 0 amide bonds. The van der Waals surface area contributed by atoms with Gasteiger partial charge in [-0.05, 0) is 43.7 Å². The van der Waals surface area contributed by atoms with Crippen molar-refractivity contribution in [1.29, 1.82) is 0 Å². The van der Waals surface area contributed by atoms with Gasteiger partial charge in [-0.1, -0.05) is 33.8 Å². The zero-order chi connectivity index (χ0) is 15.0. The van der Waals surface area contributed by atoms with Gasteiger partial charge in [0.15, 0.2) is 0 Å². The van der Waals surface area contributed by atoms with Crippen LogP contribution in [0.2, 0.25) is 0 Å². The minimum Gasteiger partial charge on any atom is -0.370 e. The molecule has 3 nitrogen and oxygen atoms in total. The van der Waals surface area contributed by atoms with E-state index in [0.29, 0.717) is 0 Å². The van der Waals surface area contributed by atoms with Gasteiger partial charge in [-0.2, -0.15) is 0 Å². The molecule has 0 atom stereocenters. The zero-order valence-corrected chi connectivity index (χ0v) is 13.8. The highest BCUT2D eigenvalue weighted by Crippen LogP contribution is 2.17. The van der Waals surface area contributed by atoms with E-state index in [1.54, 1.807) is 0 Å². The third-order valence-corrected chi connectivity index (χ3v) is 3.37. The minimum atomic E-state index is 0.730. The van der Waals surface area contributed by atoms with Gasteiger partial charge >= 0.3 is 0 Å². The van der Waals surface area contributed by atoms with Crippen LogP contribution in [0.25, 0.3) is 0 Å². The summed E-state index contributed by atoms with van der Waals surface area (Å²) in [5.41, 5.74) is 0. The average molecular weight is 277 g/mol. The summed E-state index contributed by atoms with van der Waals surface area (Å²) >= 11 is 0. The highest BCUT2D eigenvalue weighted by atomic mass is 15.2. The van der Waals surface area contributed by atoms with Gasteiger partial charge in [0, 0.05) is 19.6 Å². The fraction of sp³-hybridized carbons (Fsp3) is 0.706. The number of rotatable bonds is 9. The van der Waals surface area contributed by atoms with Crippen molar-refractivity contribution in [2.45, 2.75) is 47.5 Å². The van der Waals surface area contributed by atoms with Crippen LogP contribution in [-0.2, 0) is 0 Å². The summed E-state index contributed by atoms with van der Waals surface area (Å²) in [6.07, 6.45) is 2.43. The van der Waals surface area contributed by atoms with E-state index in [-0.39, 0.29) is 0 Å².